The first-order valence-electron chi connectivity index (χ1n) is 2.98. The molecule has 1 N–H and O–H groups in total. The second-order valence-electron chi connectivity index (χ2n) is 3.06. The van der Waals surface area contributed by atoms with Crippen LogP contribution in [0.5, 0.6) is 0 Å². The Morgan fingerprint density at radius 2 is 1.36 bits per heavy atom. The zero-order valence-corrected chi connectivity index (χ0v) is 8.62. The molecule has 0 aliphatic rings. The van der Waals surface area contributed by atoms with Crippen molar-refractivity contribution in [2.45, 2.75) is 36.0 Å². The summed E-state index contributed by atoms with van der Waals surface area (Å²) in [6.45, 7) is 3.26. The van der Waals surface area contributed by atoms with Gasteiger partial charge in [0, 0.05) is 0 Å². The van der Waals surface area contributed by atoms with Crippen molar-refractivity contribution >= 4 is 22.6 Å². The fraction of sp³-hybridized carbons (Fsp3) is 1.00. The van der Waals surface area contributed by atoms with Crippen LogP contribution in [-0.2, 0) is 0 Å². The summed E-state index contributed by atoms with van der Waals surface area (Å²) in [5.74, 6) is 0. The van der Waals surface area contributed by atoms with Crippen molar-refractivity contribution in [1.82, 2.24) is 0 Å². The third-order valence-electron chi connectivity index (χ3n) is 1.68. The molecule has 0 aliphatic heterocycles. The Balaban J connectivity index is 4.75. The lowest BCUT2D eigenvalue weighted by Crippen LogP contribution is -2.53. The number of alkyl halides is 4. The summed E-state index contributed by atoms with van der Waals surface area (Å²) in [6.07, 6.45) is -4.38. The number of aliphatic hydroxyl groups is 1. The number of halogens is 4. The second kappa shape index (κ2) is 2.76. The zero-order valence-electron chi connectivity index (χ0n) is 6.46. The van der Waals surface area contributed by atoms with Crippen LogP contribution in [0.25, 0.3) is 0 Å². The van der Waals surface area contributed by atoms with E-state index < -0.39 is 15.2 Å². The van der Waals surface area contributed by atoms with Crippen molar-refractivity contribution in [3.05, 3.63) is 0 Å². The van der Waals surface area contributed by atoms with E-state index in [0.29, 0.717) is 0 Å². The molecule has 5 heteroatoms. The van der Waals surface area contributed by atoms with Crippen LogP contribution in [0, 0.1) is 0 Å². The molecule has 0 spiro atoms. The quantitative estimate of drug-likeness (QED) is 0.578. The predicted molar refractivity (Wildman–Crippen MR) is 44.8 cm³/mol. The third kappa shape index (κ3) is 2.21. The minimum atomic E-state index is -4.38. The predicted octanol–water partition coefficient (Wildman–Crippen LogP) is 2.51. The van der Waals surface area contributed by atoms with Gasteiger partial charge in [0.05, 0.1) is 5.60 Å². The minimum absolute atomic E-state index is 0.966. The maximum atomic E-state index is 12.2. The molecule has 0 heterocycles. The molecule has 68 valence electrons. The first-order chi connectivity index (χ1) is 4.50. The fourth-order valence-corrected chi connectivity index (χ4v) is 0.347. The molecule has 0 aromatic carbocycles. The molecule has 0 bridgehead atoms. The fourth-order valence-electron chi connectivity index (χ4n) is 0.347. The van der Waals surface area contributed by atoms with Crippen LogP contribution in [0.3, 0.4) is 0 Å². The summed E-state index contributed by atoms with van der Waals surface area (Å²) in [6, 6.07) is 0. The van der Waals surface area contributed by atoms with Crippen molar-refractivity contribution in [2.75, 3.05) is 0 Å². The Bertz CT molecular complexity index is 129. The van der Waals surface area contributed by atoms with E-state index in [1.54, 1.807) is 0 Å². The molecule has 0 aromatic rings. The molecule has 0 aromatic heterocycles. The van der Waals surface area contributed by atoms with E-state index in [0.717, 1.165) is 20.8 Å². The van der Waals surface area contributed by atoms with Gasteiger partial charge in [-0.05, 0) is 20.8 Å². The molecule has 1 unspecified atom stereocenters. The molecule has 0 rings (SSSR count). The molecular weight excluding hydrogens is 272 g/mol. The Morgan fingerprint density at radius 3 is 1.36 bits per heavy atom. The van der Waals surface area contributed by atoms with E-state index in [-0.39, 0.29) is 0 Å². The Hall–Kier alpha value is 0.480. The zero-order chi connectivity index (χ0) is 9.50. The van der Waals surface area contributed by atoms with Gasteiger partial charge in [0.2, 0.25) is 0 Å². The van der Waals surface area contributed by atoms with Crippen molar-refractivity contribution < 1.29 is 18.3 Å². The van der Waals surface area contributed by atoms with E-state index in [2.05, 4.69) is 0 Å². The van der Waals surface area contributed by atoms with Gasteiger partial charge in [0.25, 0.3) is 0 Å². The summed E-state index contributed by atoms with van der Waals surface area (Å²) in [5.41, 5.74) is -1.76. The molecule has 0 saturated carbocycles. The molecular formula is C6H10F3IO. The Morgan fingerprint density at radius 1 is 1.09 bits per heavy atom. The van der Waals surface area contributed by atoms with Gasteiger partial charge < -0.3 is 5.11 Å². The molecule has 0 fully saturated rings. The molecule has 1 atom stereocenters. The molecule has 0 aliphatic carbocycles. The summed E-state index contributed by atoms with van der Waals surface area (Å²) >= 11 is 1.21. The van der Waals surface area contributed by atoms with Crippen LogP contribution in [-0.4, -0.2) is 20.3 Å². The van der Waals surface area contributed by atoms with Crippen LogP contribution >= 0.6 is 22.6 Å². The lowest BCUT2D eigenvalue weighted by molar-refractivity contribution is -0.188. The van der Waals surface area contributed by atoms with Gasteiger partial charge >= 0.3 is 6.18 Å². The van der Waals surface area contributed by atoms with Crippen LogP contribution in [0.15, 0.2) is 0 Å². The van der Waals surface area contributed by atoms with E-state index in [9.17, 15) is 13.2 Å². The average Bonchev–Trinajstić information content (AvgIpc) is 1.58. The first kappa shape index (κ1) is 11.5. The topological polar surface area (TPSA) is 20.2 Å². The van der Waals surface area contributed by atoms with Crippen molar-refractivity contribution in [3.63, 3.8) is 0 Å². The van der Waals surface area contributed by atoms with Crippen LogP contribution in [0.4, 0.5) is 13.2 Å². The maximum absolute atomic E-state index is 12.2. The number of rotatable bonds is 1. The number of hydrogen-bond donors (Lipinski definition) is 1. The van der Waals surface area contributed by atoms with Crippen molar-refractivity contribution in [3.8, 4) is 0 Å². The highest BCUT2D eigenvalue weighted by Gasteiger charge is 2.57. The van der Waals surface area contributed by atoms with E-state index in [1.807, 2.05) is 0 Å². The molecule has 11 heavy (non-hydrogen) atoms. The smallest absolute Gasteiger partial charge is 0.389 e. The van der Waals surface area contributed by atoms with Crippen molar-refractivity contribution in [1.29, 1.82) is 0 Å². The monoisotopic (exact) mass is 282 g/mol. The molecule has 0 radical (unpaired) electrons. The SMILES string of the molecule is CC(C)(O)C(C)(I)C(F)(F)F. The molecule has 1 nitrogen and oxygen atoms in total. The maximum Gasteiger partial charge on any atom is 0.405 e. The van der Waals surface area contributed by atoms with Crippen LogP contribution in [0.1, 0.15) is 20.8 Å². The van der Waals surface area contributed by atoms with Gasteiger partial charge in [0.1, 0.15) is 3.42 Å². The second-order valence-corrected chi connectivity index (χ2v) is 5.22. The number of hydrogen-bond acceptors (Lipinski definition) is 1. The molecule has 0 saturated heterocycles. The van der Waals surface area contributed by atoms with Gasteiger partial charge in [0.15, 0.2) is 0 Å². The van der Waals surface area contributed by atoms with Crippen molar-refractivity contribution in [2.24, 2.45) is 0 Å². The first-order valence-corrected chi connectivity index (χ1v) is 4.06. The normalized spacial score (nSPS) is 19.6. The van der Waals surface area contributed by atoms with Gasteiger partial charge in [-0.1, -0.05) is 22.6 Å². The van der Waals surface area contributed by atoms with E-state index in [1.165, 1.54) is 22.6 Å². The summed E-state index contributed by atoms with van der Waals surface area (Å²) in [5, 5.41) is 9.15. The highest BCUT2D eigenvalue weighted by molar-refractivity contribution is 14.1. The summed E-state index contributed by atoms with van der Waals surface area (Å²) in [7, 11) is 0. The van der Waals surface area contributed by atoms with Gasteiger partial charge in [-0.25, -0.2) is 0 Å². The highest BCUT2D eigenvalue weighted by Crippen LogP contribution is 2.45. The van der Waals surface area contributed by atoms with E-state index >= 15 is 0 Å². The van der Waals surface area contributed by atoms with Crippen LogP contribution in [0.2, 0.25) is 0 Å². The van der Waals surface area contributed by atoms with Crippen LogP contribution < -0.4 is 0 Å². The average molecular weight is 282 g/mol. The lowest BCUT2D eigenvalue weighted by atomic mass is 9.92. The van der Waals surface area contributed by atoms with Gasteiger partial charge in [-0.15, -0.1) is 0 Å². The Labute approximate surface area is 77.1 Å². The van der Waals surface area contributed by atoms with E-state index in [4.69, 9.17) is 5.11 Å². The standard InChI is InChI=1S/C6H10F3IO/c1-4(2,11)5(3,10)6(7,8)9/h11H,1-3H3. The summed E-state index contributed by atoms with van der Waals surface area (Å²) < 4.78 is 34.4. The molecule has 0 amide bonds. The third-order valence-corrected chi connectivity index (χ3v) is 3.61. The van der Waals surface area contributed by atoms with Gasteiger partial charge in [-0.3, -0.25) is 0 Å². The largest absolute Gasteiger partial charge is 0.405 e. The lowest BCUT2D eigenvalue weighted by Gasteiger charge is -2.36. The summed E-state index contributed by atoms with van der Waals surface area (Å²) in [4.78, 5) is 0. The van der Waals surface area contributed by atoms with Gasteiger partial charge in [-0.2, -0.15) is 13.2 Å². The Kier molecular flexibility index (Phi) is 2.88. The minimum Gasteiger partial charge on any atom is -0.389 e. The highest BCUT2D eigenvalue weighted by atomic mass is 127.